The highest BCUT2D eigenvalue weighted by molar-refractivity contribution is 4.65. The zero-order valence-electron chi connectivity index (χ0n) is 14.8. The predicted molar refractivity (Wildman–Crippen MR) is 93.3 cm³/mol. The third-order valence-electron chi connectivity index (χ3n) is 4.13. The highest BCUT2D eigenvalue weighted by Gasteiger charge is 2.10. The van der Waals surface area contributed by atoms with Gasteiger partial charge in [-0.05, 0) is 44.2 Å². The minimum atomic E-state index is 0.845. The van der Waals surface area contributed by atoms with Gasteiger partial charge >= 0.3 is 0 Å². The number of rotatable bonds is 15. The third-order valence-corrected chi connectivity index (χ3v) is 4.13. The number of hydrogen-bond acceptors (Lipinski definition) is 1. The molecule has 20 heavy (non-hydrogen) atoms. The van der Waals surface area contributed by atoms with Gasteiger partial charge in [-0.3, -0.25) is 0 Å². The topological polar surface area (TPSA) is 12.0 Å². The van der Waals surface area contributed by atoms with E-state index in [2.05, 4.69) is 33.0 Å². The Morgan fingerprint density at radius 1 is 0.750 bits per heavy atom. The van der Waals surface area contributed by atoms with E-state index in [9.17, 15) is 0 Å². The molecule has 1 unspecified atom stereocenters. The van der Waals surface area contributed by atoms with Crippen molar-refractivity contribution in [3.8, 4) is 0 Å². The van der Waals surface area contributed by atoms with E-state index in [-0.39, 0.29) is 0 Å². The fourth-order valence-electron chi connectivity index (χ4n) is 3.02. The molecule has 1 N–H and O–H groups in total. The Bertz CT molecular complexity index is 177. The van der Waals surface area contributed by atoms with Gasteiger partial charge in [-0.15, -0.1) is 0 Å². The van der Waals surface area contributed by atoms with Gasteiger partial charge in [-0.1, -0.05) is 79.1 Å². The Morgan fingerprint density at radius 3 is 1.90 bits per heavy atom. The molecule has 0 saturated heterocycles. The van der Waals surface area contributed by atoms with Crippen molar-refractivity contribution in [3.63, 3.8) is 0 Å². The summed E-state index contributed by atoms with van der Waals surface area (Å²) in [6.07, 6.45) is 15.6. The summed E-state index contributed by atoms with van der Waals surface area (Å²) in [6, 6.07) is 0. The molecule has 0 aliphatic rings. The molecule has 1 atom stereocenters. The van der Waals surface area contributed by atoms with Crippen molar-refractivity contribution >= 4 is 0 Å². The smallest absolute Gasteiger partial charge is 0.00204 e. The first kappa shape index (κ1) is 20.0. The average molecular weight is 284 g/mol. The van der Waals surface area contributed by atoms with Crippen LogP contribution in [0.25, 0.3) is 0 Å². The molecule has 0 amide bonds. The summed E-state index contributed by atoms with van der Waals surface area (Å²) < 4.78 is 0. The van der Waals surface area contributed by atoms with E-state index in [0.29, 0.717) is 0 Å². The van der Waals surface area contributed by atoms with Crippen LogP contribution in [0.2, 0.25) is 0 Å². The van der Waals surface area contributed by atoms with Crippen LogP contribution in [0.4, 0.5) is 0 Å². The normalized spacial score (nSPS) is 13.1. The lowest BCUT2D eigenvalue weighted by atomic mass is 9.91. The zero-order chi connectivity index (χ0) is 15.1. The molecular formula is C19H41N. The lowest BCUT2D eigenvalue weighted by molar-refractivity contribution is 0.354. The molecule has 0 spiro atoms. The second-order valence-corrected chi connectivity index (χ2v) is 6.96. The van der Waals surface area contributed by atoms with Crippen LogP contribution in [0, 0.1) is 11.8 Å². The third kappa shape index (κ3) is 14.4. The van der Waals surface area contributed by atoms with Crippen LogP contribution in [0.3, 0.4) is 0 Å². The quantitative estimate of drug-likeness (QED) is 0.354. The molecule has 0 radical (unpaired) electrons. The Labute approximate surface area is 129 Å². The molecule has 0 aliphatic heterocycles. The van der Waals surface area contributed by atoms with Crippen LogP contribution in [0.15, 0.2) is 0 Å². The molecule has 0 aromatic heterocycles. The maximum absolute atomic E-state index is 3.62. The van der Waals surface area contributed by atoms with Gasteiger partial charge in [0.25, 0.3) is 0 Å². The molecule has 122 valence electrons. The van der Waals surface area contributed by atoms with E-state index in [1.807, 2.05) is 0 Å². The van der Waals surface area contributed by atoms with Crippen molar-refractivity contribution in [1.82, 2.24) is 5.32 Å². The average Bonchev–Trinajstić information content (AvgIpc) is 2.41. The fraction of sp³-hybridized carbons (Fsp3) is 1.00. The molecule has 0 fully saturated rings. The molecule has 0 aromatic rings. The Morgan fingerprint density at radius 2 is 1.35 bits per heavy atom. The van der Waals surface area contributed by atoms with E-state index < -0.39 is 0 Å². The van der Waals surface area contributed by atoms with Crippen molar-refractivity contribution in [2.75, 3.05) is 13.1 Å². The zero-order valence-corrected chi connectivity index (χ0v) is 14.8. The monoisotopic (exact) mass is 283 g/mol. The van der Waals surface area contributed by atoms with Crippen LogP contribution < -0.4 is 5.32 Å². The highest BCUT2D eigenvalue weighted by atomic mass is 14.8. The van der Waals surface area contributed by atoms with Crippen LogP contribution in [-0.2, 0) is 0 Å². The van der Waals surface area contributed by atoms with E-state index in [1.54, 1.807) is 0 Å². The maximum Gasteiger partial charge on any atom is -0.00204 e. The van der Waals surface area contributed by atoms with Gasteiger partial charge in [0.15, 0.2) is 0 Å². The Kier molecular flexibility index (Phi) is 15.3. The Hall–Kier alpha value is -0.0400. The lowest BCUT2D eigenvalue weighted by Crippen LogP contribution is -2.24. The van der Waals surface area contributed by atoms with Crippen molar-refractivity contribution in [3.05, 3.63) is 0 Å². The molecule has 0 rings (SSSR count). The summed E-state index contributed by atoms with van der Waals surface area (Å²) >= 11 is 0. The van der Waals surface area contributed by atoms with Crippen molar-refractivity contribution in [1.29, 1.82) is 0 Å². The molecule has 0 aromatic carbocycles. The lowest BCUT2D eigenvalue weighted by Gasteiger charge is -2.19. The van der Waals surface area contributed by atoms with Gasteiger partial charge in [-0.2, -0.15) is 0 Å². The molecule has 1 nitrogen and oxygen atoms in total. The van der Waals surface area contributed by atoms with E-state index in [1.165, 1.54) is 83.7 Å². The van der Waals surface area contributed by atoms with Crippen molar-refractivity contribution in [2.45, 2.75) is 98.3 Å². The number of nitrogens with one attached hydrogen (secondary N) is 1. The minimum Gasteiger partial charge on any atom is -0.316 e. The maximum atomic E-state index is 3.62. The first-order valence-corrected chi connectivity index (χ1v) is 9.41. The largest absolute Gasteiger partial charge is 0.316 e. The summed E-state index contributed by atoms with van der Waals surface area (Å²) in [4.78, 5) is 0. The minimum absolute atomic E-state index is 0.845. The second-order valence-electron chi connectivity index (χ2n) is 6.96. The molecule has 1 heteroatoms. The number of hydrogen-bond donors (Lipinski definition) is 1. The van der Waals surface area contributed by atoms with Gasteiger partial charge in [-0.25, -0.2) is 0 Å². The van der Waals surface area contributed by atoms with E-state index in [0.717, 1.165) is 11.8 Å². The first-order chi connectivity index (χ1) is 9.70. The Balaban J connectivity index is 3.52. The van der Waals surface area contributed by atoms with Crippen LogP contribution in [-0.4, -0.2) is 13.1 Å². The summed E-state index contributed by atoms with van der Waals surface area (Å²) in [7, 11) is 0. The summed E-state index contributed by atoms with van der Waals surface area (Å²) in [5.74, 6) is 1.75. The van der Waals surface area contributed by atoms with Gasteiger partial charge < -0.3 is 5.32 Å². The highest BCUT2D eigenvalue weighted by Crippen LogP contribution is 2.19. The molecule has 0 heterocycles. The summed E-state index contributed by atoms with van der Waals surface area (Å²) in [6.45, 7) is 11.7. The van der Waals surface area contributed by atoms with Crippen molar-refractivity contribution in [2.24, 2.45) is 11.8 Å². The second kappa shape index (κ2) is 15.4. The molecular weight excluding hydrogens is 242 g/mol. The van der Waals surface area contributed by atoms with E-state index >= 15 is 0 Å². The van der Waals surface area contributed by atoms with Gasteiger partial charge in [0.1, 0.15) is 0 Å². The SMILES string of the molecule is CCCCCCCCCCC(CNCCC)CC(C)C. The summed E-state index contributed by atoms with van der Waals surface area (Å²) in [5, 5.41) is 3.62. The molecule has 0 saturated carbocycles. The number of unbranched alkanes of at least 4 members (excludes halogenated alkanes) is 7. The van der Waals surface area contributed by atoms with Gasteiger partial charge in [0.2, 0.25) is 0 Å². The van der Waals surface area contributed by atoms with Crippen molar-refractivity contribution < 1.29 is 0 Å². The van der Waals surface area contributed by atoms with Crippen LogP contribution in [0.1, 0.15) is 98.3 Å². The first-order valence-electron chi connectivity index (χ1n) is 9.41. The summed E-state index contributed by atoms with van der Waals surface area (Å²) in [5.41, 5.74) is 0. The molecule has 0 bridgehead atoms. The van der Waals surface area contributed by atoms with Gasteiger partial charge in [0.05, 0.1) is 0 Å². The molecule has 0 aliphatic carbocycles. The van der Waals surface area contributed by atoms with E-state index in [4.69, 9.17) is 0 Å². The van der Waals surface area contributed by atoms with Crippen LogP contribution in [0.5, 0.6) is 0 Å². The van der Waals surface area contributed by atoms with Gasteiger partial charge in [0, 0.05) is 0 Å². The van der Waals surface area contributed by atoms with Crippen LogP contribution >= 0.6 is 0 Å². The standard InChI is InChI=1S/C19H41N/c1-5-7-8-9-10-11-12-13-14-19(16-18(3)4)17-20-15-6-2/h18-20H,5-17H2,1-4H3. The predicted octanol–water partition coefficient (Wildman–Crippen LogP) is 6.18. The fourth-order valence-corrected chi connectivity index (χ4v) is 3.02.